The van der Waals surface area contributed by atoms with Crippen molar-refractivity contribution in [3.63, 3.8) is 0 Å². The third-order valence-electron chi connectivity index (χ3n) is 2.48. The molecule has 1 atom stereocenters. The Kier molecular flexibility index (Phi) is 5.65. The van der Waals surface area contributed by atoms with Crippen LogP contribution < -0.4 is 5.32 Å². The number of hydrogen-bond acceptors (Lipinski definition) is 3. The number of nitrogens with zero attached hydrogens (tertiary/aromatic N) is 3. The number of imidazole rings is 1. The largest absolute Gasteiger partial charge is 0.405 e. The molecule has 1 rings (SSSR count). The first-order chi connectivity index (χ1) is 8.54. The van der Waals surface area contributed by atoms with Crippen LogP contribution in [0.2, 0.25) is 0 Å². The molecule has 0 aliphatic rings. The van der Waals surface area contributed by atoms with E-state index in [2.05, 4.69) is 10.3 Å². The fraction of sp³-hybridized carbons (Fsp3) is 0.636. The van der Waals surface area contributed by atoms with Crippen molar-refractivity contribution in [1.29, 1.82) is 5.26 Å². The van der Waals surface area contributed by atoms with Crippen molar-refractivity contribution in [2.24, 2.45) is 5.92 Å². The Labute approximate surface area is 103 Å². The van der Waals surface area contributed by atoms with E-state index in [0.29, 0.717) is 6.54 Å². The number of hydrogen-bond donors (Lipinski definition) is 1. The molecule has 7 heteroatoms. The Bertz CT molecular complexity index is 367. The van der Waals surface area contributed by atoms with Gasteiger partial charge in [0.1, 0.15) is 0 Å². The van der Waals surface area contributed by atoms with E-state index in [4.69, 9.17) is 5.26 Å². The van der Waals surface area contributed by atoms with E-state index in [0.717, 1.165) is 19.4 Å². The lowest BCUT2D eigenvalue weighted by atomic mass is 10.1. The predicted molar refractivity (Wildman–Crippen MR) is 59.5 cm³/mol. The SMILES string of the molecule is N#CC(CNCCCCn1ccnc1)C(F)(F)F. The van der Waals surface area contributed by atoms with Gasteiger partial charge in [0.2, 0.25) is 0 Å². The van der Waals surface area contributed by atoms with Crippen LogP contribution in [0.25, 0.3) is 0 Å². The molecule has 1 aromatic heterocycles. The molecule has 1 N–H and O–H groups in total. The smallest absolute Gasteiger partial charge is 0.337 e. The molecule has 100 valence electrons. The Hall–Kier alpha value is -1.55. The lowest BCUT2D eigenvalue weighted by Gasteiger charge is -2.13. The molecule has 0 saturated heterocycles. The van der Waals surface area contributed by atoms with Gasteiger partial charge in [-0.3, -0.25) is 0 Å². The Morgan fingerprint density at radius 2 is 2.17 bits per heavy atom. The Morgan fingerprint density at radius 1 is 1.39 bits per heavy atom. The number of nitrogens with one attached hydrogen (secondary N) is 1. The summed E-state index contributed by atoms with van der Waals surface area (Å²) in [6.45, 7) is 0.927. The lowest BCUT2D eigenvalue weighted by molar-refractivity contribution is -0.157. The van der Waals surface area contributed by atoms with Gasteiger partial charge in [-0.25, -0.2) is 4.98 Å². The number of nitriles is 1. The predicted octanol–water partition coefficient (Wildman–Crippen LogP) is 1.95. The third kappa shape index (κ3) is 5.19. The van der Waals surface area contributed by atoms with Gasteiger partial charge in [0.25, 0.3) is 0 Å². The normalized spacial score (nSPS) is 13.2. The molecule has 0 saturated carbocycles. The van der Waals surface area contributed by atoms with Crippen LogP contribution in [0.3, 0.4) is 0 Å². The maximum absolute atomic E-state index is 12.2. The van der Waals surface area contributed by atoms with E-state index in [1.165, 1.54) is 6.07 Å². The fourth-order valence-corrected chi connectivity index (χ4v) is 1.44. The minimum atomic E-state index is -4.45. The number of aryl methyl sites for hydroxylation is 1. The van der Waals surface area contributed by atoms with Crippen LogP contribution in [0.4, 0.5) is 13.2 Å². The average Bonchev–Trinajstić information content (AvgIpc) is 2.79. The van der Waals surface area contributed by atoms with E-state index >= 15 is 0 Å². The zero-order valence-electron chi connectivity index (χ0n) is 9.82. The van der Waals surface area contributed by atoms with Gasteiger partial charge in [-0.2, -0.15) is 18.4 Å². The first-order valence-corrected chi connectivity index (χ1v) is 5.67. The molecule has 1 unspecified atom stereocenters. The molecule has 0 radical (unpaired) electrons. The van der Waals surface area contributed by atoms with Crippen molar-refractivity contribution in [3.8, 4) is 6.07 Å². The molecule has 0 aromatic carbocycles. The molecule has 0 spiro atoms. The van der Waals surface area contributed by atoms with E-state index < -0.39 is 12.1 Å². The molecule has 0 aliphatic heterocycles. The highest BCUT2D eigenvalue weighted by molar-refractivity contribution is 4.89. The summed E-state index contributed by atoms with van der Waals surface area (Å²) in [5, 5.41) is 11.0. The van der Waals surface area contributed by atoms with Crippen LogP contribution in [0.5, 0.6) is 0 Å². The first-order valence-electron chi connectivity index (χ1n) is 5.67. The monoisotopic (exact) mass is 260 g/mol. The van der Waals surface area contributed by atoms with Gasteiger partial charge in [0.15, 0.2) is 5.92 Å². The van der Waals surface area contributed by atoms with Crippen LogP contribution >= 0.6 is 0 Å². The molecule has 0 fully saturated rings. The highest BCUT2D eigenvalue weighted by Crippen LogP contribution is 2.24. The minimum Gasteiger partial charge on any atom is -0.337 e. The van der Waals surface area contributed by atoms with Crippen molar-refractivity contribution in [2.45, 2.75) is 25.6 Å². The third-order valence-corrected chi connectivity index (χ3v) is 2.48. The van der Waals surface area contributed by atoms with Gasteiger partial charge in [-0.15, -0.1) is 0 Å². The summed E-state index contributed by atoms with van der Waals surface area (Å²) in [6, 6.07) is 1.26. The summed E-state index contributed by atoms with van der Waals surface area (Å²) in [6.07, 6.45) is 2.38. The summed E-state index contributed by atoms with van der Waals surface area (Å²) in [7, 11) is 0. The number of unbranched alkanes of at least 4 members (excludes halogenated alkanes) is 1. The van der Waals surface area contributed by atoms with Gasteiger partial charge in [0, 0.05) is 25.5 Å². The van der Waals surface area contributed by atoms with Crippen LogP contribution in [0, 0.1) is 17.2 Å². The first kappa shape index (κ1) is 14.5. The molecule has 0 amide bonds. The van der Waals surface area contributed by atoms with Crippen molar-refractivity contribution in [2.75, 3.05) is 13.1 Å². The molecule has 0 aliphatic carbocycles. The lowest BCUT2D eigenvalue weighted by Crippen LogP contribution is -2.32. The van der Waals surface area contributed by atoms with Crippen molar-refractivity contribution < 1.29 is 13.2 Å². The van der Waals surface area contributed by atoms with Crippen molar-refractivity contribution >= 4 is 0 Å². The minimum absolute atomic E-state index is 0.342. The summed E-state index contributed by atoms with van der Waals surface area (Å²) < 4.78 is 38.5. The molecule has 1 heterocycles. The molecule has 4 nitrogen and oxygen atoms in total. The van der Waals surface area contributed by atoms with Gasteiger partial charge < -0.3 is 9.88 Å². The van der Waals surface area contributed by atoms with Crippen LogP contribution in [0.1, 0.15) is 12.8 Å². The molecular formula is C11H15F3N4. The molecular weight excluding hydrogens is 245 g/mol. The van der Waals surface area contributed by atoms with Crippen LogP contribution in [0.15, 0.2) is 18.7 Å². The summed E-state index contributed by atoms with van der Waals surface area (Å²) >= 11 is 0. The van der Waals surface area contributed by atoms with E-state index in [9.17, 15) is 13.2 Å². The van der Waals surface area contributed by atoms with Gasteiger partial charge in [-0.05, 0) is 19.4 Å². The average molecular weight is 260 g/mol. The zero-order chi connectivity index (χ0) is 13.4. The zero-order valence-corrected chi connectivity index (χ0v) is 9.82. The summed E-state index contributed by atoms with van der Waals surface area (Å²) in [5.74, 6) is -1.92. The second-order valence-corrected chi connectivity index (χ2v) is 3.94. The maximum atomic E-state index is 12.2. The Balaban J connectivity index is 2.06. The van der Waals surface area contributed by atoms with Gasteiger partial charge in [-0.1, -0.05) is 0 Å². The number of halogens is 3. The highest BCUT2D eigenvalue weighted by Gasteiger charge is 2.39. The number of rotatable bonds is 7. The Morgan fingerprint density at radius 3 is 2.72 bits per heavy atom. The summed E-state index contributed by atoms with van der Waals surface area (Å²) in [5.41, 5.74) is 0. The van der Waals surface area contributed by atoms with Crippen molar-refractivity contribution in [1.82, 2.24) is 14.9 Å². The van der Waals surface area contributed by atoms with E-state index in [1.807, 2.05) is 10.8 Å². The van der Waals surface area contributed by atoms with Crippen LogP contribution in [-0.4, -0.2) is 28.8 Å². The molecule has 18 heavy (non-hydrogen) atoms. The fourth-order valence-electron chi connectivity index (χ4n) is 1.44. The van der Waals surface area contributed by atoms with Gasteiger partial charge >= 0.3 is 6.18 Å². The number of aromatic nitrogens is 2. The quantitative estimate of drug-likeness (QED) is 0.762. The van der Waals surface area contributed by atoms with Crippen molar-refractivity contribution in [3.05, 3.63) is 18.7 Å². The van der Waals surface area contributed by atoms with E-state index in [1.54, 1.807) is 12.5 Å². The molecule has 1 aromatic rings. The number of alkyl halides is 3. The molecule has 0 bridgehead atoms. The van der Waals surface area contributed by atoms with Gasteiger partial charge in [0.05, 0.1) is 12.4 Å². The van der Waals surface area contributed by atoms with Crippen LogP contribution in [-0.2, 0) is 6.54 Å². The topological polar surface area (TPSA) is 53.6 Å². The highest BCUT2D eigenvalue weighted by atomic mass is 19.4. The second-order valence-electron chi connectivity index (χ2n) is 3.94. The summed E-state index contributed by atoms with van der Waals surface area (Å²) in [4.78, 5) is 3.88. The standard InChI is InChI=1S/C11H15F3N4/c12-11(13,14)10(7-15)8-16-3-1-2-5-18-6-4-17-9-18/h4,6,9-10,16H,1-3,5,8H2. The van der Waals surface area contributed by atoms with E-state index in [-0.39, 0.29) is 6.54 Å². The second kappa shape index (κ2) is 7.01. The maximum Gasteiger partial charge on any atom is 0.405 e.